The first kappa shape index (κ1) is 14.1. The van der Waals surface area contributed by atoms with E-state index in [2.05, 4.69) is 25.8 Å². The van der Waals surface area contributed by atoms with Gasteiger partial charge in [0.2, 0.25) is 0 Å². The van der Waals surface area contributed by atoms with Crippen LogP contribution in [0.3, 0.4) is 0 Å². The topological polar surface area (TPSA) is 29.3 Å². The van der Waals surface area contributed by atoms with Crippen LogP contribution in [-0.4, -0.2) is 24.5 Å². The Bertz CT molecular complexity index is 344. The van der Waals surface area contributed by atoms with Crippen molar-refractivity contribution in [3.05, 3.63) is 35.6 Å². The lowest BCUT2D eigenvalue weighted by atomic mass is 9.85. The van der Waals surface area contributed by atoms with Crippen molar-refractivity contribution in [2.24, 2.45) is 11.1 Å². The predicted molar refractivity (Wildman–Crippen MR) is 70.2 cm³/mol. The molecular formula is C14H23FN2. The lowest BCUT2D eigenvalue weighted by Gasteiger charge is -2.33. The number of benzene rings is 1. The van der Waals surface area contributed by atoms with E-state index in [4.69, 9.17) is 5.73 Å². The molecule has 0 amide bonds. The lowest BCUT2D eigenvalue weighted by Crippen LogP contribution is -2.42. The van der Waals surface area contributed by atoms with Gasteiger partial charge in [-0.3, -0.25) is 0 Å². The van der Waals surface area contributed by atoms with Crippen LogP contribution in [0.15, 0.2) is 24.3 Å². The molecule has 0 saturated heterocycles. The van der Waals surface area contributed by atoms with Gasteiger partial charge in [0.1, 0.15) is 5.82 Å². The Labute approximate surface area is 104 Å². The van der Waals surface area contributed by atoms with Gasteiger partial charge in [0.15, 0.2) is 0 Å². The molecule has 1 unspecified atom stereocenters. The molecule has 0 aliphatic heterocycles. The summed E-state index contributed by atoms with van der Waals surface area (Å²) >= 11 is 0. The van der Waals surface area contributed by atoms with Crippen LogP contribution >= 0.6 is 0 Å². The maximum absolute atomic E-state index is 12.8. The van der Waals surface area contributed by atoms with Crippen molar-refractivity contribution in [1.29, 1.82) is 0 Å². The summed E-state index contributed by atoms with van der Waals surface area (Å²) in [7, 11) is 2.06. The minimum absolute atomic E-state index is 0.0782. The van der Waals surface area contributed by atoms with Gasteiger partial charge in [-0.1, -0.05) is 26.0 Å². The molecule has 1 aromatic rings. The highest BCUT2D eigenvalue weighted by Gasteiger charge is 2.24. The van der Waals surface area contributed by atoms with Gasteiger partial charge in [0.25, 0.3) is 0 Å². The predicted octanol–water partition coefficient (Wildman–Crippen LogP) is 2.63. The third kappa shape index (κ3) is 4.44. The average molecular weight is 238 g/mol. The Balaban J connectivity index is 2.55. The number of hydrogen-bond acceptors (Lipinski definition) is 2. The molecule has 0 aliphatic carbocycles. The molecule has 0 radical (unpaired) electrons. The van der Waals surface area contributed by atoms with Crippen molar-refractivity contribution in [3.63, 3.8) is 0 Å². The summed E-state index contributed by atoms with van der Waals surface area (Å²) in [6.45, 7) is 8.10. The summed E-state index contributed by atoms with van der Waals surface area (Å²) in [5.41, 5.74) is 7.15. The minimum Gasteiger partial charge on any atom is -0.327 e. The molecule has 2 N–H and O–H groups in total. The normalized spacial score (nSPS) is 14.1. The van der Waals surface area contributed by atoms with E-state index in [0.29, 0.717) is 0 Å². The number of halogens is 1. The van der Waals surface area contributed by atoms with E-state index in [9.17, 15) is 4.39 Å². The molecule has 1 rings (SSSR count). The summed E-state index contributed by atoms with van der Waals surface area (Å²) in [4.78, 5) is 2.22. The molecule has 0 bridgehead atoms. The lowest BCUT2D eigenvalue weighted by molar-refractivity contribution is 0.178. The maximum atomic E-state index is 12.8. The second-order valence-electron chi connectivity index (χ2n) is 5.58. The second-order valence-corrected chi connectivity index (χ2v) is 5.58. The molecule has 96 valence electrons. The zero-order chi connectivity index (χ0) is 13.1. The molecule has 0 saturated carbocycles. The van der Waals surface area contributed by atoms with E-state index in [1.54, 1.807) is 0 Å². The Morgan fingerprint density at radius 3 is 2.29 bits per heavy atom. The van der Waals surface area contributed by atoms with Crippen LogP contribution in [0.5, 0.6) is 0 Å². The minimum atomic E-state index is -0.188. The van der Waals surface area contributed by atoms with Crippen molar-refractivity contribution in [1.82, 2.24) is 4.90 Å². The first-order chi connectivity index (χ1) is 7.81. The first-order valence-corrected chi connectivity index (χ1v) is 6.00. The zero-order valence-electron chi connectivity index (χ0n) is 11.2. The summed E-state index contributed by atoms with van der Waals surface area (Å²) in [6.07, 6.45) is 0. The van der Waals surface area contributed by atoms with Crippen molar-refractivity contribution in [2.75, 3.05) is 13.6 Å². The number of rotatable bonds is 5. The largest absolute Gasteiger partial charge is 0.327 e. The van der Waals surface area contributed by atoms with Gasteiger partial charge >= 0.3 is 0 Å². The summed E-state index contributed by atoms with van der Waals surface area (Å²) in [5.74, 6) is -0.188. The average Bonchev–Trinajstić information content (AvgIpc) is 2.20. The van der Waals surface area contributed by atoms with Gasteiger partial charge in [0, 0.05) is 19.1 Å². The van der Waals surface area contributed by atoms with Crippen LogP contribution in [0, 0.1) is 11.2 Å². The smallest absolute Gasteiger partial charge is 0.123 e. The molecule has 1 atom stereocenters. The third-order valence-corrected chi connectivity index (χ3v) is 3.28. The number of nitrogens with two attached hydrogens (primary N) is 1. The number of hydrogen-bond donors (Lipinski definition) is 1. The fourth-order valence-corrected chi connectivity index (χ4v) is 1.80. The summed E-state index contributed by atoms with van der Waals surface area (Å²) < 4.78 is 12.8. The Morgan fingerprint density at radius 2 is 1.82 bits per heavy atom. The molecule has 2 nitrogen and oxygen atoms in total. The highest BCUT2D eigenvalue weighted by molar-refractivity contribution is 5.15. The van der Waals surface area contributed by atoms with Gasteiger partial charge < -0.3 is 10.6 Å². The van der Waals surface area contributed by atoms with Crippen LogP contribution in [0.4, 0.5) is 4.39 Å². The highest BCUT2D eigenvalue weighted by Crippen LogP contribution is 2.20. The van der Waals surface area contributed by atoms with Crippen LogP contribution in [0.1, 0.15) is 26.3 Å². The molecule has 0 heterocycles. The van der Waals surface area contributed by atoms with Gasteiger partial charge in [-0.2, -0.15) is 0 Å². The Morgan fingerprint density at radius 1 is 1.29 bits per heavy atom. The number of nitrogens with zero attached hydrogens (tertiary/aromatic N) is 1. The van der Waals surface area contributed by atoms with E-state index in [0.717, 1.165) is 18.7 Å². The van der Waals surface area contributed by atoms with Crippen molar-refractivity contribution in [3.8, 4) is 0 Å². The van der Waals surface area contributed by atoms with Crippen LogP contribution in [0.25, 0.3) is 0 Å². The van der Waals surface area contributed by atoms with Gasteiger partial charge in [-0.25, -0.2) is 4.39 Å². The summed E-state index contributed by atoms with van der Waals surface area (Å²) in [5, 5.41) is 0. The van der Waals surface area contributed by atoms with Crippen molar-refractivity contribution in [2.45, 2.75) is 33.4 Å². The van der Waals surface area contributed by atoms with E-state index in [1.807, 2.05) is 19.1 Å². The SMILES string of the molecule is CC(N)C(C)(C)CN(C)Cc1ccc(F)cc1. The fourth-order valence-electron chi connectivity index (χ4n) is 1.80. The zero-order valence-corrected chi connectivity index (χ0v) is 11.2. The maximum Gasteiger partial charge on any atom is 0.123 e. The summed E-state index contributed by atoms with van der Waals surface area (Å²) in [6, 6.07) is 6.80. The molecule has 3 heteroatoms. The van der Waals surface area contributed by atoms with E-state index in [1.165, 1.54) is 12.1 Å². The molecular weight excluding hydrogens is 215 g/mol. The quantitative estimate of drug-likeness (QED) is 0.854. The van der Waals surface area contributed by atoms with Crippen molar-refractivity contribution >= 4 is 0 Å². The monoisotopic (exact) mass is 238 g/mol. The molecule has 0 fully saturated rings. The van der Waals surface area contributed by atoms with Crippen LogP contribution in [-0.2, 0) is 6.54 Å². The van der Waals surface area contributed by atoms with E-state index < -0.39 is 0 Å². The van der Waals surface area contributed by atoms with Gasteiger partial charge in [-0.15, -0.1) is 0 Å². The highest BCUT2D eigenvalue weighted by atomic mass is 19.1. The molecule has 1 aromatic carbocycles. The van der Waals surface area contributed by atoms with E-state index in [-0.39, 0.29) is 17.3 Å². The van der Waals surface area contributed by atoms with Crippen LogP contribution in [0.2, 0.25) is 0 Å². The molecule has 17 heavy (non-hydrogen) atoms. The molecule has 0 spiro atoms. The van der Waals surface area contributed by atoms with Crippen LogP contribution < -0.4 is 5.73 Å². The molecule has 0 aromatic heterocycles. The third-order valence-electron chi connectivity index (χ3n) is 3.28. The molecule has 0 aliphatic rings. The Hall–Kier alpha value is -0.930. The Kier molecular flexibility index (Phi) is 4.66. The first-order valence-electron chi connectivity index (χ1n) is 6.00. The van der Waals surface area contributed by atoms with E-state index >= 15 is 0 Å². The van der Waals surface area contributed by atoms with Crippen molar-refractivity contribution < 1.29 is 4.39 Å². The van der Waals surface area contributed by atoms with Gasteiger partial charge in [-0.05, 0) is 37.1 Å². The standard InChI is InChI=1S/C14H23FN2/c1-11(16)14(2,3)10-17(4)9-12-5-7-13(15)8-6-12/h5-8,11H,9-10,16H2,1-4H3. The second kappa shape index (κ2) is 5.61. The van der Waals surface area contributed by atoms with Gasteiger partial charge in [0.05, 0.1) is 0 Å². The fraction of sp³-hybridized carbons (Fsp3) is 0.571.